The van der Waals surface area contributed by atoms with E-state index in [2.05, 4.69) is 42.6 Å². The van der Waals surface area contributed by atoms with E-state index < -0.39 is 0 Å². The zero-order chi connectivity index (χ0) is 20.1. The SMILES string of the molecule is Cc1nc(Nc2ccc(N3CCCC3)cc2)cc(C(=O)NCc2cccnc2)n1. The molecule has 3 aromatic rings. The van der Waals surface area contributed by atoms with Gasteiger partial charge in [-0.2, -0.15) is 0 Å². The number of carbonyl (C=O) groups excluding carboxylic acids is 1. The topological polar surface area (TPSA) is 83.0 Å². The van der Waals surface area contributed by atoms with Crippen LogP contribution in [0.5, 0.6) is 0 Å². The summed E-state index contributed by atoms with van der Waals surface area (Å²) in [5, 5.41) is 6.14. The molecule has 0 aliphatic carbocycles. The summed E-state index contributed by atoms with van der Waals surface area (Å²) in [6.45, 7) is 4.42. The third kappa shape index (κ3) is 4.87. The number of hydrogen-bond acceptors (Lipinski definition) is 6. The Labute approximate surface area is 170 Å². The summed E-state index contributed by atoms with van der Waals surface area (Å²) in [7, 11) is 0. The maximum absolute atomic E-state index is 12.5. The highest BCUT2D eigenvalue weighted by atomic mass is 16.1. The molecule has 0 unspecified atom stereocenters. The van der Waals surface area contributed by atoms with Gasteiger partial charge in [-0.25, -0.2) is 9.97 Å². The van der Waals surface area contributed by atoms with Crippen molar-refractivity contribution in [1.82, 2.24) is 20.3 Å². The van der Waals surface area contributed by atoms with Crippen molar-refractivity contribution in [3.05, 3.63) is 71.9 Å². The van der Waals surface area contributed by atoms with Gasteiger partial charge in [-0.15, -0.1) is 0 Å². The molecule has 1 aromatic carbocycles. The van der Waals surface area contributed by atoms with Crippen molar-refractivity contribution >= 4 is 23.1 Å². The molecular formula is C22H24N6O. The summed E-state index contributed by atoms with van der Waals surface area (Å²) in [6.07, 6.45) is 5.94. The Morgan fingerprint density at radius 1 is 1.10 bits per heavy atom. The first-order valence-electron chi connectivity index (χ1n) is 9.82. The number of amides is 1. The summed E-state index contributed by atoms with van der Waals surface area (Å²) >= 11 is 0. The minimum atomic E-state index is -0.244. The molecule has 0 saturated carbocycles. The van der Waals surface area contributed by atoms with E-state index in [0.29, 0.717) is 23.9 Å². The monoisotopic (exact) mass is 388 g/mol. The molecule has 3 heterocycles. The van der Waals surface area contributed by atoms with E-state index in [1.807, 2.05) is 24.3 Å². The lowest BCUT2D eigenvalue weighted by Gasteiger charge is -2.18. The molecule has 1 aliphatic heterocycles. The molecule has 4 rings (SSSR count). The number of pyridine rings is 1. The van der Waals surface area contributed by atoms with Crippen LogP contribution in [0.4, 0.5) is 17.2 Å². The molecule has 1 saturated heterocycles. The van der Waals surface area contributed by atoms with Crippen LogP contribution < -0.4 is 15.5 Å². The quantitative estimate of drug-likeness (QED) is 0.673. The average molecular weight is 388 g/mol. The lowest BCUT2D eigenvalue weighted by molar-refractivity contribution is 0.0945. The van der Waals surface area contributed by atoms with Gasteiger partial charge in [0, 0.05) is 49.5 Å². The highest BCUT2D eigenvalue weighted by molar-refractivity contribution is 5.93. The molecule has 2 N–H and O–H groups in total. The van der Waals surface area contributed by atoms with Gasteiger partial charge in [-0.3, -0.25) is 9.78 Å². The fourth-order valence-electron chi connectivity index (χ4n) is 3.40. The Morgan fingerprint density at radius 3 is 2.62 bits per heavy atom. The molecule has 7 heteroatoms. The predicted molar refractivity (Wildman–Crippen MR) is 113 cm³/mol. The highest BCUT2D eigenvalue weighted by Crippen LogP contribution is 2.23. The van der Waals surface area contributed by atoms with Crippen molar-refractivity contribution in [2.75, 3.05) is 23.3 Å². The number of hydrogen-bond donors (Lipinski definition) is 2. The lowest BCUT2D eigenvalue weighted by Crippen LogP contribution is -2.24. The Morgan fingerprint density at radius 2 is 1.90 bits per heavy atom. The van der Waals surface area contributed by atoms with Crippen LogP contribution in [0.15, 0.2) is 54.9 Å². The Hall–Kier alpha value is -3.48. The molecule has 2 aromatic heterocycles. The molecular weight excluding hydrogens is 364 g/mol. The second-order valence-electron chi connectivity index (χ2n) is 7.10. The van der Waals surface area contributed by atoms with Crippen molar-refractivity contribution in [3.63, 3.8) is 0 Å². The van der Waals surface area contributed by atoms with Crippen LogP contribution in [-0.4, -0.2) is 33.9 Å². The average Bonchev–Trinajstić information content (AvgIpc) is 3.28. The van der Waals surface area contributed by atoms with Gasteiger partial charge in [0.25, 0.3) is 5.91 Å². The summed E-state index contributed by atoms with van der Waals surface area (Å²) in [5.41, 5.74) is 3.43. The van der Waals surface area contributed by atoms with E-state index in [1.54, 1.807) is 25.4 Å². The third-order valence-electron chi connectivity index (χ3n) is 4.86. The smallest absolute Gasteiger partial charge is 0.270 e. The standard InChI is InChI=1S/C22H24N6O/c1-16-25-20(22(29)24-15-17-5-4-10-23-14-17)13-21(26-16)27-18-6-8-19(9-7-18)28-11-2-3-12-28/h4-10,13-14H,2-3,11-12,15H2,1H3,(H,24,29)(H,25,26,27). The summed E-state index contributed by atoms with van der Waals surface area (Å²) < 4.78 is 0. The lowest BCUT2D eigenvalue weighted by atomic mass is 10.2. The number of nitrogens with one attached hydrogen (secondary N) is 2. The molecule has 148 valence electrons. The van der Waals surface area contributed by atoms with Gasteiger partial charge >= 0.3 is 0 Å². The van der Waals surface area contributed by atoms with E-state index in [4.69, 9.17) is 0 Å². The molecule has 0 atom stereocenters. The normalized spacial score (nSPS) is 13.3. The number of anilines is 3. The minimum Gasteiger partial charge on any atom is -0.372 e. The van der Waals surface area contributed by atoms with Gasteiger partial charge in [-0.1, -0.05) is 6.07 Å². The Balaban J connectivity index is 1.43. The number of carbonyl (C=O) groups is 1. The number of nitrogens with zero attached hydrogens (tertiary/aromatic N) is 4. The molecule has 1 amide bonds. The molecule has 0 bridgehead atoms. The van der Waals surface area contributed by atoms with Crippen LogP contribution >= 0.6 is 0 Å². The molecule has 1 fully saturated rings. The first-order valence-corrected chi connectivity index (χ1v) is 9.82. The molecule has 0 radical (unpaired) electrons. The number of rotatable bonds is 6. The Kier molecular flexibility index (Phi) is 5.65. The molecule has 1 aliphatic rings. The second-order valence-corrected chi connectivity index (χ2v) is 7.10. The molecule has 29 heavy (non-hydrogen) atoms. The van der Waals surface area contributed by atoms with Crippen LogP contribution in [0.25, 0.3) is 0 Å². The predicted octanol–water partition coefficient (Wildman–Crippen LogP) is 3.45. The summed E-state index contributed by atoms with van der Waals surface area (Å²) in [6, 6.07) is 13.7. The minimum absolute atomic E-state index is 0.244. The number of aromatic nitrogens is 3. The number of benzene rings is 1. The zero-order valence-electron chi connectivity index (χ0n) is 16.4. The van der Waals surface area contributed by atoms with Gasteiger partial charge in [-0.05, 0) is 55.7 Å². The van der Waals surface area contributed by atoms with Crippen LogP contribution in [0.3, 0.4) is 0 Å². The van der Waals surface area contributed by atoms with E-state index in [-0.39, 0.29) is 5.91 Å². The van der Waals surface area contributed by atoms with Crippen LogP contribution in [0.1, 0.15) is 34.7 Å². The van der Waals surface area contributed by atoms with Crippen molar-refractivity contribution < 1.29 is 4.79 Å². The van der Waals surface area contributed by atoms with Crippen molar-refractivity contribution in [2.45, 2.75) is 26.3 Å². The van der Waals surface area contributed by atoms with Crippen LogP contribution in [0, 0.1) is 6.92 Å². The summed E-state index contributed by atoms with van der Waals surface area (Å²) in [5.74, 6) is 0.889. The van der Waals surface area contributed by atoms with Gasteiger partial charge in [0.05, 0.1) is 0 Å². The zero-order valence-corrected chi connectivity index (χ0v) is 16.4. The highest BCUT2D eigenvalue weighted by Gasteiger charge is 2.13. The van der Waals surface area contributed by atoms with Crippen LogP contribution in [0.2, 0.25) is 0 Å². The Bertz CT molecular complexity index is 968. The molecule has 7 nitrogen and oxygen atoms in total. The van der Waals surface area contributed by atoms with Crippen LogP contribution in [-0.2, 0) is 6.54 Å². The summed E-state index contributed by atoms with van der Waals surface area (Å²) in [4.78, 5) is 27.6. The maximum atomic E-state index is 12.5. The largest absolute Gasteiger partial charge is 0.372 e. The van der Waals surface area contributed by atoms with Crippen molar-refractivity contribution in [2.24, 2.45) is 0 Å². The second kappa shape index (κ2) is 8.68. The van der Waals surface area contributed by atoms with Crippen molar-refractivity contribution in [3.8, 4) is 0 Å². The van der Waals surface area contributed by atoms with Crippen molar-refractivity contribution in [1.29, 1.82) is 0 Å². The van der Waals surface area contributed by atoms with E-state index in [1.165, 1.54) is 18.5 Å². The van der Waals surface area contributed by atoms with Gasteiger partial charge in [0.1, 0.15) is 17.3 Å². The first kappa shape index (κ1) is 18.9. The number of aryl methyl sites for hydroxylation is 1. The van der Waals surface area contributed by atoms with Gasteiger partial charge in [0.15, 0.2) is 0 Å². The fourth-order valence-corrected chi connectivity index (χ4v) is 3.40. The van der Waals surface area contributed by atoms with Gasteiger partial charge < -0.3 is 15.5 Å². The van der Waals surface area contributed by atoms with E-state index in [9.17, 15) is 4.79 Å². The third-order valence-corrected chi connectivity index (χ3v) is 4.86. The fraction of sp³-hybridized carbons (Fsp3) is 0.273. The first-order chi connectivity index (χ1) is 14.2. The van der Waals surface area contributed by atoms with Gasteiger partial charge in [0.2, 0.25) is 0 Å². The van der Waals surface area contributed by atoms with E-state index in [0.717, 1.165) is 24.3 Å². The molecule has 0 spiro atoms. The van der Waals surface area contributed by atoms with E-state index >= 15 is 0 Å². The maximum Gasteiger partial charge on any atom is 0.270 e.